The lowest BCUT2D eigenvalue weighted by Gasteiger charge is -2.27. The Morgan fingerprint density at radius 2 is 2.00 bits per heavy atom. The van der Waals surface area contributed by atoms with E-state index in [0.717, 1.165) is 26.1 Å². The average Bonchev–Trinajstić information content (AvgIpc) is 2.12. The molecule has 0 aliphatic carbocycles. The second-order valence-corrected chi connectivity index (χ2v) is 4.05. The third kappa shape index (κ3) is 6.35. The van der Waals surface area contributed by atoms with Crippen LogP contribution in [-0.4, -0.2) is 43.8 Å². The van der Waals surface area contributed by atoms with Gasteiger partial charge in [0.1, 0.15) is 0 Å². The summed E-state index contributed by atoms with van der Waals surface area (Å²) < 4.78 is 5.15. The van der Waals surface area contributed by atoms with E-state index in [-0.39, 0.29) is 0 Å². The molecule has 0 fully saturated rings. The molecule has 2 N–H and O–H groups in total. The van der Waals surface area contributed by atoms with Gasteiger partial charge in [-0.05, 0) is 39.8 Å². The first-order valence-electron chi connectivity index (χ1n) is 5.60. The normalized spacial score (nSPS) is 15.9. The summed E-state index contributed by atoms with van der Waals surface area (Å²) in [6.45, 7) is 9.49. The Hall–Kier alpha value is -0.120. The van der Waals surface area contributed by atoms with E-state index in [4.69, 9.17) is 10.5 Å². The molecule has 14 heavy (non-hydrogen) atoms. The fraction of sp³-hybridized carbons (Fsp3) is 1.00. The van der Waals surface area contributed by atoms with Gasteiger partial charge in [-0.1, -0.05) is 6.92 Å². The van der Waals surface area contributed by atoms with Crippen molar-refractivity contribution in [2.24, 2.45) is 5.73 Å². The van der Waals surface area contributed by atoms with E-state index in [0.29, 0.717) is 12.1 Å². The Morgan fingerprint density at radius 1 is 1.36 bits per heavy atom. The van der Waals surface area contributed by atoms with Crippen molar-refractivity contribution in [3.05, 3.63) is 0 Å². The van der Waals surface area contributed by atoms with Crippen molar-refractivity contribution in [3.63, 3.8) is 0 Å². The summed E-state index contributed by atoms with van der Waals surface area (Å²) in [4.78, 5) is 2.44. The molecule has 0 bridgehead atoms. The van der Waals surface area contributed by atoms with Crippen LogP contribution >= 0.6 is 0 Å². The SMILES string of the molecule is CCN(CCCC(C)N)C(C)COC. The molecule has 0 spiro atoms. The minimum absolute atomic E-state index is 0.325. The van der Waals surface area contributed by atoms with Gasteiger partial charge in [0.15, 0.2) is 0 Å². The Kier molecular flexibility index (Phi) is 8.14. The minimum Gasteiger partial charge on any atom is -0.383 e. The van der Waals surface area contributed by atoms with Gasteiger partial charge in [-0.2, -0.15) is 0 Å². The number of hydrogen-bond acceptors (Lipinski definition) is 3. The highest BCUT2D eigenvalue weighted by Crippen LogP contribution is 2.03. The number of rotatable bonds is 8. The fourth-order valence-electron chi connectivity index (χ4n) is 1.65. The van der Waals surface area contributed by atoms with Crippen LogP contribution in [0.4, 0.5) is 0 Å². The third-order valence-corrected chi connectivity index (χ3v) is 2.54. The molecular formula is C11H26N2O. The Morgan fingerprint density at radius 3 is 2.43 bits per heavy atom. The van der Waals surface area contributed by atoms with Gasteiger partial charge < -0.3 is 10.5 Å². The fourth-order valence-corrected chi connectivity index (χ4v) is 1.65. The highest BCUT2D eigenvalue weighted by Gasteiger charge is 2.10. The Balaban J connectivity index is 3.66. The van der Waals surface area contributed by atoms with Crippen LogP contribution in [-0.2, 0) is 4.74 Å². The molecule has 3 heteroatoms. The second kappa shape index (κ2) is 8.21. The summed E-state index contributed by atoms with van der Waals surface area (Å²) in [5.41, 5.74) is 5.71. The van der Waals surface area contributed by atoms with Gasteiger partial charge in [0.25, 0.3) is 0 Å². The molecule has 0 radical (unpaired) electrons. The van der Waals surface area contributed by atoms with E-state index in [2.05, 4.69) is 25.7 Å². The van der Waals surface area contributed by atoms with Gasteiger partial charge in [0.2, 0.25) is 0 Å². The quantitative estimate of drug-likeness (QED) is 0.648. The molecular weight excluding hydrogens is 176 g/mol. The van der Waals surface area contributed by atoms with Crippen LogP contribution in [0, 0.1) is 0 Å². The summed E-state index contributed by atoms with van der Waals surface area (Å²) >= 11 is 0. The maximum atomic E-state index is 5.71. The van der Waals surface area contributed by atoms with E-state index in [1.54, 1.807) is 7.11 Å². The lowest BCUT2D eigenvalue weighted by molar-refractivity contribution is 0.101. The van der Waals surface area contributed by atoms with Crippen molar-refractivity contribution in [3.8, 4) is 0 Å². The zero-order valence-electron chi connectivity index (χ0n) is 10.1. The molecule has 3 nitrogen and oxygen atoms in total. The number of methoxy groups -OCH3 is 1. The van der Waals surface area contributed by atoms with Crippen molar-refractivity contribution < 1.29 is 4.74 Å². The molecule has 0 aromatic heterocycles. The second-order valence-electron chi connectivity index (χ2n) is 4.05. The molecule has 2 atom stereocenters. The molecule has 0 aliphatic heterocycles. The molecule has 0 amide bonds. The summed E-state index contributed by atoms with van der Waals surface area (Å²) in [6, 6.07) is 0.838. The van der Waals surface area contributed by atoms with E-state index < -0.39 is 0 Å². The first-order valence-corrected chi connectivity index (χ1v) is 5.60. The number of nitrogens with zero attached hydrogens (tertiary/aromatic N) is 1. The first-order chi connectivity index (χ1) is 6.61. The summed E-state index contributed by atoms with van der Waals surface area (Å²) in [5.74, 6) is 0. The number of ether oxygens (including phenoxy) is 1. The average molecular weight is 202 g/mol. The van der Waals surface area contributed by atoms with Gasteiger partial charge in [-0.15, -0.1) is 0 Å². The molecule has 86 valence electrons. The monoisotopic (exact) mass is 202 g/mol. The van der Waals surface area contributed by atoms with Crippen LogP contribution in [0.3, 0.4) is 0 Å². The first kappa shape index (κ1) is 13.9. The smallest absolute Gasteiger partial charge is 0.0615 e. The Bertz CT molecular complexity index is 128. The van der Waals surface area contributed by atoms with Gasteiger partial charge in [-0.3, -0.25) is 4.90 Å². The number of nitrogens with two attached hydrogens (primary N) is 1. The zero-order valence-corrected chi connectivity index (χ0v) is 10.1. The van der Waals surface area contributed by atoms with Crippen molar-refractivity contribution in [2.75, 3.05) is 26.8 Å². The zero-order chi connectivity index (χ0) is 11.0. The van der Waals surface area contributed by atoms with Gasteiger partial charge in [-0.25, -0.2) is 0 Å². The van der Waals surface area contributed by atoms with Crippen molar-refractivity contribution in [1.82, 2.24) is 4.90 Å². The number of likely N-dealkylation sites (N-methyl/N-ethyl adjacent to an activating group) is 1. The summed E-state index contributed by atoms with van der Waals surface area (Å²) in [7, 11) is 1.76. The highest BCUT2D eigenvalue weighted by atomic mass is 16.5. The summed E-state index contributed by atoms with van der Waals surface area (Å²) in [5, 5.41) is 0. The van der Waals surface area contributed by atoms with Crippen molar-refractivity contribution in [1.29, 1.82) is 0 Å². The van der Waals surface area contributed by atoms with Crippen LogP contribution in [0.25, 0.3) is 0 Å². The topological polar surface area (TPSA) is 38.5 Å². The van der Waals surface area contributed by atoms with Crippen LogP contribution in [0.1, 0.15) is 33.6 Å². The van der Waals surface area contributed by atoms with Crippen LogP contribution in [0.2, 0.25) is 0 Å². The predicted octanol–water partition coefficient (Wildman–Crippen LogP) is 1.47. The largest absolute Gasteiger partial charge is 0.383 e. The minimum atomic E-state index is 0.325. The summed E-state index contributed by atoms with van der Waals surface area (Å²) in [6.07, 6.45) is 2.29. The van der Waals surface area contributed by atoms with Crippen LogP contribution in [0.15, 0.2) is 0 Å². The third-order valence-electron chi connectivity index (χ3n) is 2.54. The van der Waals surface area contributed by atoms with Gasteiger partial charge in [0, 0.05) is 19.2 Å². The van der Waals surface area contributed by atoms with Crippen molar-refractivity contribution in [2.45, 2.75) is 45.7 Å². The lowest BCUT2D eigenvalue weighted by Crippen LogP contribution is -2.37. The molecule has 0 aliphatic rings. The van der Waals surface area contributed by atoms with E-state index >= 15 is 0 Å². The number of hydrogen-bond donors (Lipinski definition) is 1. The van der Waals surface area contributed by atoms with E-state index in [1.165, 1.54) is 6.42 Å². The molecule has 0 saturated heterocycles. The van der Waals surface area contributed by atoms with Gasteiger partial charge >= 0.3 is 0 Å². The molecule has 0 aromatic carbocycles. The predicted molar refractivity (Wildman–Crippen MR) is 61.5 cm³/mol. The standard InChI is InChI=1S/C11H26N2O/c1-5-13(11(3)9-14-4)8-6-7-10(2)12/h10-11H,5-9,12H2,1-4H3. The van der Waals surface area contributed by atoms with E-state index in [1.807, 2.05) is 0 Å². The van der Waals surface area contributed by atoms with E-state index in [9.17, 15) is 0 Å². The molecule has 0 saturated carbocycles. The maximum absolute atomic E-state index is 5.71. The highest BCUT2D eigenvalue weighted by molar-refractivity contribution is 4.66. The van der Waals surface area contributed by atoms with Crippen molar-refractivity contribution >= 4 is 0 Å². The molecule has 0 heterocycles. The van der Waals surface area contributed by atoms with Gasteiger partial charge in [0.05, 0.1) is 6.61 Å². The maximum Gasteiger partial charge on any atom is 0.0615 e. The molecule has 0 rings (SSSR count). The van der Waals surface area contributed by atoms with Crippen LogP contribution < -0.4 is 5.73 Å². The molecule has 0 aromatic rings. The Labute approximate surface area is 88.6 Å². The molecule has 2 unspecified atom stereocenters. The van der Waals surface area contributed by atoms with Crippen LogP contribution in [0.5, 0.6) is 0 Å². The lowest BCUT2D eigenvalue weighted by atomic mass is 10.2.